The molecule has 0 fully saturated rings. The van der Waals surface area contributed by atoms with Crippen LogP contribution >= 0.6 is 0 Å². The van der Waals surface area contributed by atoms with Crippen LogP contribution in [0.1, 0.15) is 5.56 Å². The van der Waals surface area contributed by atoms with Gasteiger partial charge in [-0.3, -0.25) is 10.1 Å². The molecule has 1 aromatic carbocycles. The molecule has 0 atom stereocenters. The number of rotatable bonds is 1. The number of nitrogens with zero attached hydrogens (tertiary/aromatic N) is 1. The molecule has 0 heterocycles. The fraction of sp³-hybridized carbons (Fsp3) is 0.143. The van der Waals surface area contributed by atoms with Gasteiger partial charge in [0.05, 0.1) is 4.92 Å². The third-order valence-corrected chi connectivity index (χ3v) is 1.47. The zero-order chi connectivity index (χ0) is 10.9. The average Bonchev–Trinajstić information content (AvgIpc) is 2.01. The van der Waals surface area contributed by atoms with Crippen molar-refractivity contribution in [1.82, 2.24) is 0 Å². The maximum Gasteiger partial charge on any atom is 1.00 e. The zero-order valence-corrected chi connectivity index (χ0v) is 9.54. The third-order valence-electron chi connectivity index (χ3n) is 1.47. The molecule has 0 aliphatic heterocycles. The fourth-order valence-electron chi connectivity index (χ4n) is 0.901. The predicted octanol–water partition coefficient (Wildman–Crippen LogP) is -1.31. The van der Waals surface area contributed by atoms with Crippen LogP contribution in [0.15, 0.2) is 18.2 Å². The van der Waals surface area contributed by atoms with E-state index in [1.807, 2.05) is 0 Å². The zero-order valence-electron chi connectivity index (χ0n) is 7.54. The van der Waals surface area contributed by atoms with Crippen molar-refractivity contribution in [3.63, 3.8) is 0 Å². The molecule has 0 bridgehead atoms. The van der Waals surface area contributed by atoms with Crippen LogP contribution in [0.3, 0.4) is 0 Å². The van der Waals surface area contributed by atoms with E-state index in [9.17, 15) is 28.4 Å². The quantitative estimate of drug-likeness (QED) is 0.341. The van der Waals surface area contributed by atoms with Gasteiger partial charge >= 0.3 is 35.7 Å². The molecule has 1 rings (SSSR count). The van der Waals surface area contributed by atoms with Gasteiger partial charge in [-0.25, -0.2) is 0 Å². The molecule has 15 heavy (non-hydrogen) atoms. The molecule has 0 spiro atoms. The molecule has 76 valence electrons. The van der Waals surface area contributed by atoms with Crippen molar-refractivity contribution in [2.45, 2.75) is 6.18 Å². The van der Waals surface area contributed by atoms with Crippen LogP contribution in [0.4, 0.5) is 18.9 Å². The van der Waals surface area contributed by atoms with Gasteiger partial charge < -0.3 is 5.11 Å². The average molecular weight is 229 g/mol. The Kier molecular flexibility index (Phi) is 4.57. The Morgan fingerprint density at radius 3 is 2.20 bits per heavy atom. The van der Waals surface area contributed by atoms with Gasteiger partial charge in [-0.15, -0.1) is 5.75 Å². The van der Waals surface area contributed by atoms with Gasteiger partial charge in [0.2, 0.25) is 0 Å². The van der Waals surface area contributed by atoms with Crippen LogP contribution in [-0.4, -0.2) is 4.92 Å². The summed E-state index contributed by atoms with van der Waals surface area (Å²) in [5.74, 6) is -0.914. The molecule has 0 radical (unpaired) electrons. The number of alkyl halides is 3. The van der Waals surface area contributed by atoms with E-state index < -0.39 is 28.1 Å². The summed E-state index contributed by atoms with van der Waals surface area (Å²) in [6, 6.07) is 1.47. The Bertz CT molecular complexity index is 380. The summed E-state index contributed by atoms with van der Waals surface area (Å²) in [5.41, 5.74) is -2.63. The Hall–Kier alpha value is -0.790. The molecule has 0 aliphatic rings. The first-order valence-electron chi connectivity index (χ1n) is 3.35. The molecule has 1 aromatic rings. The van der Waals surface area contributed by atoms with E-state index in [4.69, 9.17) is 0 Å². The molecular formula is C7H3F3NNaO3. The van der Waals surface area contributed by atoms with E-state index in [0.29, 0.717) is 12.1 Å². The maximum atomic E-state index is 12.1. The van der Waals surface area contributed by atoms with Crippen molar-refractivity contribution in [2.24, 2.45) is 0 Å². The van der Waals surface area contributed by atoms with Crippen molar-refractivity contribution in [1.29, 1.82) is 0 Å². The summed E-state index contributed by atoms with van der Waals surface area (Å²) >= 11 is 0. The van der Waals surface area contributed by atoms with E-state index >= 15 is 0 Å². The molecule has 0 saturated heterocycles. The van der Waals surface area contributed by atoms with E-state index in [-0.39, 0.29) is 35.6 Å². The topological polar surface area (TPSA) is 66.2 Å². The van der Waals surface area contributed by atoms with E-state index in [0.717, 1.165) is 0 Å². The Labute approximate surface area is 104 Å². The second-order valence-corrected chi connectivity index (χ2v) is 2.43. The van der Waals surface area contributed by atoms with Crippen LogP contribution in [0.25, 0.3) is 0 Å². The van der Waals surface area contributed by atoms with Crippen molar-refractivity contribution >= 4 is 5.69 Å². The minimum absolute atomic E-state index is 0. The van der Waals surface area contributed by atoms with Crippen molar-refractivity contribution < 1.29 is 52.8 Å². The predicted molar refractivity (Wildman–Crippen MR) is 37.5 cm³/mol. The van der Waals surface area contributed by atoms with Gasteiger partial charge in [0.1, 0.15) is 5.56 Å². The molecule has 8 heteroatoms. The Morgan fingerprint density at radius 2 is 1.80 bits per heavy atom. The SMILES string of the molecule is O=[N+]([O-])c1ccc([O-])cc1C(F)(F)F.[Na+]. The summed E-state index contributed by atoms with van der Waals surface area (Å²) in [4.78, 5) is 9.00. The van der Waals surface area contributed by atoms with Crippen LogP contribution < -0.4 is 34.7 Å². The van der Waals surface area contributed by atoms with Gasteiger partial charge in [0.15, 0.2) is 0 Å². The molecule has 0 aromatic heterocycles. The Balaban J connectivity index is 0.00000196. The number of nitro groups is 1. The second kappa shape index (κ2) is 4.82. The number of nitro benzene ring substituents is 1. The summed E-state index contributed by atoms with van der Waals surface area (Å²) < 4.78 is 36.4. The minimum atomic E-state index is -4.89. The van der Waals surface area contributed by atoms with E-state index in [1.165, 1.54) is 0 Å². The van der Waals surface area contributed by atoms with Crippen LogP contribution in [0.5, 0.6) is 5.75 Å². The van der Waals surface area contributed by atoms with E-state index in [1.54, 1.807) is 0 Å². The molecule has 0 N–H and O–H groups in total. The smallest absolute Gasteiger partial charge is 0.872 e. The molecule has 0 saturated carbocycles. The minimum Gasteiger partial charge on any atom is -0.872 e. The first-order valence-corrected chi connectivity index (χ1v) is 3.35. The van der Waals surface area contributed by atoms with Crippen molar-refractivity contribution in [2.75, 3.05) is 0 Å². The van der Waals surface area contributed by atoms with Crippen molar-refractivity contribution in [3.8, 4) is 5.75 Å². The fourth-order valence-corrected chi connectivity index (χ4v) is 0.901. The summed E-state index contributed by atoms with van der Waals surface area (Å²) in [5, 5.41) is 20.8. The molecular weight excluding hydrogens is 226 g/mol. The summed E-state index contributed by atoms with van der Waals surface area (Å²) in [7, 11) is 0. The Morgan fingerprint density at radius 1 is 1.27 bits per heavy atom. The van der Waals surface area contributed by atoms with Gasteiger partial charge in [0.25, 0.3) is 5.69 Å². The monoisotopic (exact) mass is 229 g/mol. The van der Waals surface area contributed by atoms with E-state index in [2.05, 4.69) is 0 Å². The first-order chi connectivity index (χ1) is 6.32. The normalized spacial score (nSPS) is 10.6. The number of hydrogen-bond acceptors (Lipinski definition) is 3. The van der Waals surface area contributed by atoms with Gasteiger partial charge in [-0.2, -0.15) is 13.2 Å². The number of halogens is 3. The van der Waals surface area contributed by atoms with Crippen LogP contribution in [-0.2, 0) is 6.18 Å². The summed E-state index contributed by atoms with van der Waals surface area (Å²) in [6.07, 6.45) is -4.89. The first kappa shape index (κ1) is 14.2. The molecule has 4 nitrogen and oxygen atoms in total. The van der Waals surface area contributed by atoms with Gasteiger partial charge in [0, 0.05) is 6.07 Å². The third kappa shape index (κ3) is 3.37. The van der Waals surface area contributed by atoms with Crippen molar-refractivity contribution in [3.05, 3.63) is 33.9 Å². The second-order valence-electron chi connectivity index (χ2n) is 2.43. The maximum absolute atomic E-state index is 12.1. The molecule has 0 aliphatic carbocycles. The van der Waals surface area contributed by atoms with Crippen LogP contribution in [0, 0.1) is 10.1 Å². The standard InChI is InChI=1S/C7H4F3NO3.Na/c8-7(9,10)5-3-4(12)1-2-6(5)11(13)14;/h1-3,12H;/q;+1/p-1. The van der Waals surface area contributed by atoms with Crippen LogP contribution in [0.2, 0.25) is 0 Å². The summed E-state index contributed by atoms with van der Waals surface area (Å²) in [6.45, 7) is 0. The van der Waals surface area contributed by atoms with Gasteiger partial charge in [-0.05, 0) is 0 Å². The molecule has 0 amide bonds. The number of hydrogen-bond donors (Lipinski definition) is 0. The molecule has 0 unspecified atom stereocenters. The van der Waals surface area contributed by atoms with Gasteiger partial charge in [-0.1, -0.05) is 12.1 Å². The largest absolute Gasteiger partial charge is 1.00 e. The number of benzene rings is 1.